The molecule has 162 valence electrons. The van der Waals surface area contributed by atoms with Gasteiger partial charge in [0.25, 0.3) is 0 Å². The average Bonchev–Trinajstić information content (AvgIpc) is 2.75. The molecule has 31 heavy (non-hydrogen) atoms. The molecule has 0 aliphatic heterocycles. The van der Waals surface area contributed by atoms with Crippen molar-refractivity contribution in [2.45, 2.75) is 13.0 Å². The molecule has 0 fully saturated rings. The van der Waals surface area contributed by atoms with Crippen molar-refractivity contribution in [2.24, 2.45) is 0 Å². The Kier molecular flexibility index (Phi) is 6.81. The Bertz CT molecular complexity index is 1130. The number of para-hydroxylation sites is 3. The number of nitrogens with zero attached hydrogens (tertiary/aromatic N) is 1. The number of amides is 1. The summed E-state index contributed by atoms with van der Waals surface area (Å²) in [5.41, 5.74) is 0.812. The molecule has 1 amide bonds. The Labute approximate surface area is 182 Å². The fourth-order valence-corrected chi connectivity index (χ4v) is 4.25. The van der Waals surface area contributed by atoms with E-state index >= 15 is 0 Å². The van der Waals surface area contributed by atoms with Crippen LogP contribution in [0, 0.1) is 0 Å². The van der Waals surface area contributed by atoms with Crippen LogP contribution in [0.4, 0.5) is 11.4 Å². The van der Waals surface area contributed by atoms with E-state index in [-0.39, 0.29) is 0 Å². The van der Waals surface area contributed by atoms with Gasteiger partial charge in [-0.3, -0.25) is 9.10 Å². The first-order chi connectivity index (χ1) is 14.8. The van der Waals surface area contributed by atoms with E-state index in [1.165, 1.54) is 14.0 Å². The number of rotatable bonds is 8. The molecule has 8 heteroatoms. The lowest BCUT2D eigenvalue weighted by molar-refractivity contribution is -0.116. The van der Waals surface area contributed by atoms with Crippen LogP contribution in [0.5, 0.6) is 17.2 Å². The maximum atomic E-state index is 12.9. The molecule has 0 radical (unpaired) electrons. The van der Waals surface area contributed by atoms with E-state index in [9.17, 15) is 13.2 Å². The lowest BCUT2D eigenvalue weighted by atomic mass is 10.2. The third kappa shape index (κ3) is 5.55. The van der Waals surface area contributed by atoms with E-state index in [0.29, 0.717) is 28.6 Å². The van der Waals surface area contributed by atoms with Crippen LogP contribution in [0.25, 0.3) is 0 Å². The average molecular weight is 441 g/mol. The number of hydrogen-bond acceptors (Lipinski definition) is 5. The minimum atomic E-state index is -3.74. The number of sulfonamides is 1. The van der Waals surface area contributed by atoms with E-state index in [4.69, 9.17) is 9.47 Å². The number of ether oxygens (including phenoxy) is 2. The molecule has 0 heterocycles. The van der Waals surface area contributed by atoms with Gasteiger partial charge in [-0.15, -0.1) is 0 Å². The number of anilines is 2. The molecule has 3 rings (SSSR count). The van der Waals surface area contributed by atoms with E-state index in [1.54, 1.807) is 48.5 Å². The molecule has 1 unspecified atom stereocenters. The molecule has 0 saturated carbocycles. The number of methoxy groups -OCH3 is 1. The summed E-state index contributed by atoms with van der Waals surface area (Å²) in [6.07, 6.45) is 1.06. The summed E-state index contributed by atoms with van der Waals surface area (Å²) in [5.74, 6) is 1.21. The quantitative estimate of drug-likeness (QED) is 0.565. The molecule has 3 aromatic rings. The molecule has 3 aromatic carbocycles. The Morgan fingerprint density at radius 1 is 0.903 bits per heavy atom. The monoisotopic (exact) mass is 440 g/mol. The van der Waals surface area contributed by atoms with Crippen molar-refractivity contribution < 1.29 is 22.7 Å². The van der Waals surface area contributed by atoms with Crippen LogP contribution in [-0.4, -0.2) is 33.7 Å². The van der Waals surface area contributed by atoms with Crippen molar-refractivity contribution >= 4 is 27.3 Å². The second kappa shape index (κ2) is 9.53. The van der Waals surface area contributed by atoms with Gasteiger partial charge in [-0.25, -0.2) is 8.42 Å². The van der Waals surface area contributed by atoms with Gasteiger partial charge < -0.3 is 14.8 Å². The molecule has 0 saturated heterocycles. The predicted octanol–water partition coefficient (Wildman–Crippen LogP) is 4.28. The predicted molar refractivity (Wildman–Crippen MR) is 121 cm³/mol. The Balaban J connectivity index is 1.82. The SMILES string of the molecule is COc1ccccc1NC(=O)C(C)N(c1ccc(Oc2ccccc2)cc1)S(C)(=O)=O. The fraction of sp³-hybridized carbons (Fsp3) is 0.174. The van der Waals surface area contributed by atoms with Gasteiger partial charge >= 0.3 is 0 Å². The number of benzene rings is 3. The Morgan fingerprint density at radius 3 is 2.10 bits per heavy atom. The van der Waals surface area contributed by atoms with Gasteiger partial charge in [-0.2, -0.15) is 0 Å². The van der Waals surface area contributed by atoms with Gasteiger partial charge in [0.15, 0.2) is 0 Å². The van der Waals surface area contributed by atoms with Crippen LogP contribution >= 0.6 is 0 Å². The van der Waals surface area contributed by atoms with Crippen LogP contribution in [0.1, 0.15) is 6.92 Å². The zero-order valence-electron chi connectivity index (χ0n) is 17.5. The smallest absolute Gasteiger partial charge is 0.248 e. The summed E-state index contributed by atoms with van der Waals surface area (Å²) < 4.78 is 37.1. The molecule has 0 aliphatic carbocycles. The maximum Gasteiger partial charge on any atom is 0.248 e. The number of carbonyl (C=O) groups excluding carboxylic acids is 1. The van der Waals surface area contributed by atoms with Gasteiger partial charge in [0.2, 0.25) is 15.9 Å². The van der Waals surface area contributed by atoms with E-state index < -0.39 is 22.0 Å². The number of nitrogens with one attached hydrogen (secondary N) is 1. The Morgan fingerprint density at radius 2 is 1.48 bits per heavy atom. The van der Waals surface area contributed by atoms with Gasteiger partial charge in [0.05, 0.1) is 24.7 Å². The van der Waals surface area contributed by atoms with Crippen LogP contribution in [0.15, 0.2) is 78.9 Å². The molecule has 7 nitrogen and oxygen atoms in total. The molecule has 1 N–H and O–H groups in total. The molecule has 0 bridgehead atoms. The van der Waals surface area contributed by atoms with Crippen molar-refractivity contribution in [3.63, 3.8) is 0 Å². The number of carbonyl (C=O) groups is 1. The second-order valence-corrected chi connectivity index (χ2v) is 8.69. The standard InChI is InChI=1S/C23H24N2O5S/c1-17(23(26)24-21-11-7-8-12-22(21)29-2)25(31(3,27)28)18-13-15-20(16-14-18)30-19-9-5-4-6-10-19/h4-17H,1-3H3,(H,24,26). The lowest BCUT2D eigenvalue weighted by Crippen LogP contribution is -2.45. The van der Waals surface area contributed by atoms with Gasteiger partial charge in [0, 0.05) is 0 Å². The first kappa shape index (κ1) is 22.2. The number of hydrogen-bond donors (Lipinski definition) is 1. The molecule has 1 atom stereocenters. The van der Waals surface area contributed by atoms with Crippen LogP contribution in [0.3, 0.4) is 0 Å². The summed E-state index contributed by atoms with van der Waals surface area (Å²) in [6, 6.07) is 21.7. The highest BCUT2D eigenvalue weighted by Crippen LogP contribution is 2.28. The molecule has 0 aliphatic rings. The zero-order chi connectivity index (χ0) is 22.4. The normalized spacial score (nSPS) is 12.0. The topological polar surface area (TPSA) is 84.9 Å². The van der Waals surface area contributed by atoms with Crippen molar-refractivity contribution in [3.05, 3.63) is 78.9 Å². The van der Waals surface area contributed by atoms with E-state index in [2.05, 4.69) is 5.32 Å². The third-order valence-corrected chi connectivity index (χ3v) is 5.77. The minimum absolute atomic E-state index is 0.352. The lowest BCUT2D eigenvalue weighted by Gasteiger charge is -2.28. The van der Waals surface area contributed by atoms with Crippen LogP contribution in [0.2, 0.25) is 0 Å². The summed E-state index contributed by atoms with van der Waals surface area (Å²) in [7, 11) is -2.25. The molecular weight excluding hydrogens is 416 g/mol. The first-order valence-electron chi connectivity index (χ1n) is 9.56. The Hall–Kier alpha value is -3.52. The zero-order valence-corrected chi connectivity index (χ0v) is 18.3. The van der Waals surface area contributed by atoms with E-state index in [1.807, 2.05) is 30.3 Å². The van der Waals surface area contributed by atoms with Crippen molar-refractivity contribution in [2.75, 3.05) is 23.0 Å². The summed E-state index contributed by atoms with van der Waals surface area (Å²) >= 11 is 0. The first-order valence-corrected chi connectivity index (χ1v) is 11.4. The van der Waals surface area contributed by atoms with Gasteiger partial charge in [-0.05, 0) is 55.5 Å². The van der Waals surface area contributed by atoms with Crippen LogP contribution < -0.4 is 19.1 Å². The van der Waals surface area contributed by atoms with Crippen molar-refractivity contribution in [1.82, 2.24) is 0 Å². The van der Waals surface area contributed by atoms with Gasteiger partial charge in [-0.1, -0.05) is 30.3 Å². The van der Waals surface area contributed by atoms with Crippen molar-refractivity contribution in [1.29, 1.82) is 0 Å². The third-order valence-electron chi connectivity index (χ3n) is 4.52. The summed E-state index contributed by atoms with van der Waals surface area (Å²) in [6.45, 7) is 1.53. The second-order valence-electron chi connectivity index (χ2n) is 6.83. The molecule has 0 aromatic heterocycles. The maximum absolute atomic E-state index is 12.9. The van der Waals surface area contributed by atoms with Crippen molar-refractivity contribution in [3.8, 4) is 17.2 Å². The van der Waals surface area contributed by atoms with Crippen LogP contribution in [-0.2, 0) is 14.8 Å². The molecular formula is C23H24N2O5S. The fourth-order valence-electron chi connectivity index (χ4n) is 3.08. The molecule has 0 spiro atoms. The minimum Gasteiger partial charge on any atom is -0.495 e. The summed E-state index contributed by atoms with van der Waals surface area (Å²) in [4.78, 5) is 12.9. The highest BCUT2D eigenvalue weighted by molar-refractivity contribution is 7.92. The van der Waals surface area contributed by atoms with Gasteiger partial charge in [0.1, 0.15) is 23.3 Å². The highest BCUT2D eigenvalue weighted by Gasteiger charge is 2.29. The largest absolute Gasteiger partial charge is 0.495 e. The van der Waals surface area contributed by atoms with E-state index in [0.717, 1.165) is 10.6 Å². The summed E-state index contributed by atoms with van der Waals surface area (Å²) in [5, 5.41) is 2.73. The highest BCUT2D eigenvalue weighted by atomic mass is 32.2.